The summed E-state index contributed by atoms with van der Waals surface area (Å²) in [6.45, 7) is 1.25. The minimum atomic E-state index is -4.12. The third-order valence-corrected chi connectivity index (χ3v) is 7.80. The third kappa shape index (κ3) is 6.45. The summed E-state index contributed by atoms with van der Waals surface area (Å²) in [5, 5.41) is 3.11. The van der Waals surface area contributed by atoms with Gasteiger partial charge in [-0.15, -0.1) is 0 Å². The molecule has 1 amide bonds. The van der Waals surface area contributed by atoms with Crippen LogP contribution < -0.4 is 23.8 Å². The molecule has 202 valence electrons. The topological polar surface area (TPSA) is 94.2 Å². The third-order valence-electron chi connectivity index (χ3n) is 5.79. The predicted octanol–water partition coefficient (Wildman–Crippen LogP) is 6.29. The maximum Gasteiger partial charge on any atom is 0.264 e. The first-order chi connectivity index (χ1) is 18.7. The molecule has 4 aromatic carbocycles. The van der Waals surface area contributed by atoms with Crippen molar-refractivity contribution in [3.05, 3.63) is 102 Å². The zero-order valence-electron chi connectivity index (χ0n) is 21.6. The van der Waals surface area contributed by atoms with Gasteiger partial charge in [-0.1, -0.05) is 41.9 Å². The van der Waals surface area contributed by atoms with Crippen LogP contribution in [0.1, 0.15) is 5.56 Å². The SMILES string of the molecule is COc1ccc(S(=O)(=O)N(CC(=O)Nc2cc(Cl)ccc2Oc2ccccc2OC)c2ccccc2)cc1C. The molecular formula is C29H27ClN2O6S. The van der Waals surface area contributed by atoms with Crippen LogP contribution >= 0.6 is 11.6 Å². The standard InChI is InChI=1S/C29H27ClN2O6S/c1-20-17-23(14-16-25(20)36-2)39(34,35)32(22-9-5-4-6-10-22)19-29(33)31-24-18-21(30)13-15-26(24)38-28-12-8-7-11-27(28)37-3/h4-18H,19H2,1-3H3,(H,31,33). The summed E-state index contributed by atoms with van der Waals surface area (Å²) in [6, 6.07) is 24.8. The minimum Gasteiger partial charge on any atom is -0.496 e. The van der Waals surface area contributed by atoms with Crippen molar-refractivity contribution in [2.24, 2.45) is 0 Å². The second kappa shape index (κ2) is 12.1. The number of nitrogens with zero attached hydrogens (tertiary/aromatic N) is 1. The number of ether oxygens (including phenoxy) is 3. The van der Waals surface area contributed by atoms with Crippen LogP contribution in [-0.4, -0.2) is 35.1 Å². The zero-order valence-corrected chi connectivity index (χ0v) is 23.1. The number of sulfonamides is 1. The van der Waals surface area contributed by atoms with Crippen LogP contribution in [0.5, 0.6) is 23.0 Å². The fourth-order valence-corrected chi connectivity index (χ4v) is 5.56. The Bertz CT molecular complexity index is 1580. The fourth-order valence-electron chi connectivity index (χ4n) is 3.88. The second-order valence-electron chi connectivity index (χ2n) is 8.42. The Morgan fingerprint density at radius 1 is 0.821 bits per heavy atom. The van der Waals surface area contributed by atoms with Crippen molar-refractivity contribution in [3.63, 3.8) is 0 Å². The van der Waals surface area contributed by atoms with Crippen molar-refractivity contribution < 1.29 is 27.4 Å². The van der Waals surface area contributed by atoms with E-state index in [1.54, 1.807) is 79.7 Å². The molecule has 0 aromatic heterocycles. The number of carbonyl (C=O) groups excluding carboxylic acids is 1. The highest BCUT2D eigenvalue weighted by Gasteiger charge is 2.28. The molecule has 8 nitrogen and oxygen atoms in total. The summed E-state index contributed by atoms with van der Waals surface area (Å²) in [6.07, 6.45) is 0. The molecule has 0 atom stereocenters. The number of anilines is 2. The monoisotopic (exact) mass is 566 g/mol. The van der Waals surface area contributed by atoms with E-state index in [0.717, 1.165) is 4.31 Å². The smallest absolute Gasteiger partial charge is 0.264 e. The normalized spacial score (nSPS) is 11.0. The van der Waals surface area contributed by atoms with Gasteiger partial charge in [-0.25, -0.2) is 8.42 Å². The van der Waals surface area contributed by atoms with Crippen LogP contribution in [0.15, 0.2) is 95.9 Å². The molecular weight excluding hydrogens is 540 g/mol. The van der Waals surface area contributed by atoms with Crippen LogP contribution in [0, 0.1) is 6.92 Å². The van der Waals surface area contributed by atoms with Gasteiger partial charge in [-0.3, -0.25) is 9.10 Å². The predicted molar refractivity (Wildman–Crippen MR) is 152 cm³/mol. The van der Waals surface area contributed by atoms with Gasteiger partial charge in [0.2, 0.25) is 5.91 Å². The first kappa shape index (κ1) is 27.8. The first-order valence-electron chi connectivity index (χ1n) is 11.9. The van der Waals surface area contributed by atoms with Gasteiger partial charge in [0, 0.05) is 5.02 Å². The lowest BCUT2D eigenvalue weighted by atomic mass is 10.2. The summed E-state index contributed by atoms with van der Waals surface area (Å²) in [5.74, 6) is 1.19. The molecule has 0 spiro atoms. The van der Waals surface area contributed by atoms with Gasteiger partial charge in [0.1, 0.15) is 12.3 Å². The van der Waals surface area contributed by atoms with Gasteiger partial charge in [0.25, 0.3) is 10.0 Å². The van der Waals surface area contributed by atoms with E-state index in [9.17, 15) is 13.2 Å². The molecule has 0 aliphatic rings. The Labute approximate surface area is 232 Å². The number of nitrogens with one attached hydrogen (secondary N) is 1. The number of para-hydroxylation sites is 3. The van der Waals surface area contributed by atoms with E-state index in [-0.39, 0.29) is 10.6 Å². The Balaban J connectivity index is 1.65. The van der Waals surface area contributed by atoms with Crippen molar-refractivity contribution >= 4 is 38.9 Å². The highest BCUT2D eigenvalue weighted by Crippen LogP contribution is 2.36. The van der Waals surface area contributed by atoms with Gasteiger partial charge < -0.3 is 19.5 Å². The zero-order chi connectivity index (χ0) is 28.0. The molecule has 4 rings (SSSR count). The van der Waals surface area contributed by atoms with Gasteiger partial charge in [-0.2, -0.15) is 0 Å². The van der Waals surface area contributed by atoms with Gasteiger partial charge in [-0.05, 0) is 73.2 Å². The molecule has 0 fully saturated rings. The summed E-state index contributed by atoms with van der Waals surface area (Å²) in [7, 11) is -1.09. The molecule has 0 aliphatic carbocycles. The minimum absolute atomic E-state index is 0.0282. The van der Waals surface area contributed by atoms with Gasteiger partial charge in [0.15, 0.2) is 17.2 Å². The number of aryl methyl sites for hydroxylation is 1. The molecule has 0 unspecified atom stereocenters. The first-order valence-corrected chi connectivity index (χ1v) is 13.7. The molecule has 0 saturated heterocycles. The molecule has 0 radical (unpaired) electrons. The Morgan fingerprint density at radius 2 is 1.46 bits per heavy atom. The average molecular weight is 567 g/mol. The van der Waals surface area contributed by atoms with E-state index in [1.807, 2.05) is 0 Å². The molecule has 0 saturated carbocycles. The number of rotatable bonds is 10. The van der Waals surface area contributed by atoms with Crippen molar-refractivity contribution in [1.29, 1.82) is 0 Å². The summed E-state index contributed by atoms with van der Waals surface area (Å²) in [5.41, 5.74) is 1.25. The number of hydrogen-bond donors (Lipinski definition) is 1. The van der Waals surface area contributed by atoms with Crippen molar-refractivity contribution in [1.82, 2.24) is 0 Å². The van der Waals surface area contributed by atoms with Crippen molar-refractivity contribution in [3.8, 4) is 23.0 Å². The fraction of sp³-hybridized carbons (Fsp3) is 0.138. The number of carbonyl (C=O) groups is 1. The number of amides is 1. The van der Waals surface area contributed by atoms with Gasteiger partial charge >= 0.3 is 0 Å². The number of methoxy groups -OCH3 is 2. The van der Waals surface area contributed by atoms with E-state index in [4.69, 9.17) is 25.8 Å². The van der Waals surface area contributed by atoms with E-state index < -0.39 is 22.5 Å². The van der Waals surface area contributed by atoms with E-state index in [2.05, 4.69) is 5.32 Å². The van der Waals surface area contributed by atoms with Crippen molar-refractivity contribution in [2.75, 3.05) is 30.4 Å². The Hall–Kier alpha value is -4.21. The summed E-state index contributed by atoms with van der Waals surface area (Å²) < 4.78 is 45.2. The Kier molecular flexibility index (Phi) is 8.63. The second-order valence-corrected chi connectivity index (χ2v) is 10.7. The maximum atomic E-state index is 13.8. The van der Waals surface area contributed by atoms with E-state index >= 15 is 0 Å². The van der Waals surface area contributed by atoms with Crippen LogP contribution in [0.25, 0.3) is 0 Å². The van der Waals surface area contributed by atoms with Crippen molar-refractivity contribution in [2.45, 2.75) is 11.8 Å². The quantitative estimate of drug-likeness (QED) is 0.242. The van der Waals surface area contributed by atoms with E-state index in [0.29, 0.717) is 39.3 Å². The molecule has 1 N–H and O–H groups in total. The summed E-state index contributed by atoms with van der Waals surface area (Å²) >= 11 is 6.21. The Morgan fingerprint density at radius 3 is 2.13 bits per heavy atom. The lowest BCUT2D eigenvalue weighted by Crippen LogP contribution is -2.38. The average Bonchev–Trinajstić information content (AvgIpc) is 2.93. The number of hydrogen-bond acceptors (Lipinski definition) is 6. The van der Waals surface area contributed by atoms with Crippen LogP contribution in [0.4, 0.5) is 11.4 Å². The van der Waals surface area contributed by atoms with Crippen LogP contribution in [0.2, 0.25) is 5.02 Å². The lowest BCUT2D eigenvalue weighted by molar-refractivity contribution is -0.114. The highest BCUT2D eigenvalue weighted by molar-refractivity contribution is 7.92. The van der Waals surface area contributed by atoms with Crippen LogP contribution in [0.3, 0.4) is 0 Å². The molecule has 4 aromatic rings. The highest BCUT2D eigenvalue weighted by atomic mass is 35.5. The van der Waals surface area contributed by atoms with Crippen LogP contribution in [-0.2, 0) is 14.8 Å². The molecule has 0 aliphatic heterocycles. The van der Waals surface area contributed by atoms with Gasteiger partial charge in [0.05, 0.1) is 30.5 Å². The number of halogens is 1. The largest absolute Gasteiger partial charge is 0.496 e. The molecule has 39 heavy (non-hydrogen) atoms. The number of benzene rings is 4. The molecule has 0 bridgehead atoms. The van der Waals surface area contributed by atoms with E-state index in [1.165, 1.54) is 32.4 Å². The lowest BCUT2D eigenvalue weighted by Gasteiger charge is -2.24. The molecule has 0 heterocycles. The summed E-state index contributed by atoms with van der Waals surface area (Å²) in [4.78, 5) is 13.3. The maximum absolute atomic E-state index is 13.8. The molecule has 10 heteroatoms.